The summed E-state index contributed by atoms with van der Waals surface area (Å²) < 4.78 is 6.76. The van der Waals surface area contributed by atoms with Crippen LogP contribution in [0, 0.1) is 0 Å². The van der Waals surface area contributed by atoms with Gasteiger partial charge in [-0.2, -0.15) is 0 Å². The predicted molar refractivity (Wildman–Crippen MR) is 124 cm³/mol. The number of nitrogens with one attached hydrogen (secondary N) is 1. The monoisotopic (exact) mass is 472 g/mol. The summed E-state index contributed by atoms with van der Waals surface area (Å²) in [5, 5.41) is 5.44. The molecule has 3 rings (SSSR count). The minimum Gasteiger partial charge on any atom is -0.492 e. The molecule has 152 valence electrons. The summed E-state index contributed by atoms with van der Waals surface area (Å²) >= 11 is 5.01. The third-order valence-electron chi connectivity index (χ3n) is 4.42. The molecule has 1 heterocycles. The fourth-order valence-electron chi connectivity index (χ4n) is 2.75. The average Bonchev–Trinajstić information content (AvgIpc) is 3.14. The first-order valence-electron chi connectivity index (χ1n) is 9.56. The molecule has 0 aliphatic rings. The van der Waals surface area contributed by atoms with Crippen LogP contribution in [0.4, 0.5) is 5.13 Å². The molecular formula is C23H25BrN2O2S. The first kappa shape index (κ1) is 21.5. The number of hydrogen-bond acceptors (Lipinski definition) is 4. The van der Waals surface area contributed by atoms with Crippen LogP contribution in [-0.2, 0) is 10.2 Å². The van der Waals surface area contributed by atoms with Gasteiger partial charge in [0.1, 0.15) is 5.75 Å². The lowest BCUT2D eigenvalue weighted by Gasteiger charge is -2.20. The molecule has 1 amide bonds. The molecule has 0 fully saturated rings. The Morgan fingerprint density at radius 2 is 1.93 bits per heavy atom. The molecule has 0 atom stereocenters. The summed E-state index contributed by atoms with van der Waals surface area (Å²) in [5.41, 5.74) is 3.25. The third-order valence-corrected chi connectivity index (χ3v) is 5.80. The van der Waals surface area contributed by atoms with Gasteiger partial charge in [-0.1, -0.05) is 57.2 Å². The zero-order valence-corrected chi connectivity index (χ0v) is 19.3. The van der Waals surface area contributed by atoms with Crippen LogP contribution in [0.1, 0.15) is 39.2 Å². The van der Waals surface area contributed by atoms with Crippen LogP contribution in [0.25, 0.3) is 11.3 Å². The smallest absolute Gasteiger partial charge is 0.226 e. The molecule has 4 nitrogen and oxygen atoms in total. The van der Waals surface area contributed by atoms with Crippen molar-refractivity contribution in [3.05, 3.63) is 63.9 Å². The molecule has 6 heteroatoms. The van der Waals surface area contributed by atoms with Gasteiger partial charge in [0.2, 0.25) is 5.91 Å². The maximum absolute atomic E-state index is 12.2. The maximum Gasteiger partial charge on any atom is 0.226 e. The van der Waals surface area contributed by atoms with E-state index in [1.807, 2.05) is 41.8 Å². The van der Waals surface area contributed by atoms with Gasteiger partial charge in [-0.25, -0.2) is 4.98 Å². The van der Waals surface area contributed by atoms with Crippen LogP contribution in [-0.4, -0.2) is 17.5 Å². The quantitative estimate of drug-likeness (QED) is 0.390. The lowest BCUT2D eigenvalue weighted by molar-refractivity contribution is -0.116. The molecular weight excluding hydrogens is 448 g/mol. The summed E-state index contributed by atoms with van der Waals surface area (Å²) in [6.45, 7) is 7.02. The van der Waals surface area contributed by atoms with Crippen molar-refractivity contribution in [1.29, 1.82) is 0 Å². The standard InChI is InChI=1S/C23H25BrN2O2S/c1-23(2,3)17-11-12-20(18(24)14-17)28-13-7-10-21(27)26-22-25-19(15-29-22)16-8-5-4-6-9-16/h4-6,8-9,11-12,14-15H,7,10,13H2,1-3H3,(H,25,26,27). The number of benzene rings is 2. The van der Waals surface area contributed by atoms with E-state index < -0.39 is 0 Å². The number of aromatic nitrogens is 1. The van der Waals surface area contributed by atoms with E-state index >= 15 is 0 Å². The van der Waals surface area contributed by atoms with E-state index in [1.54, 1.807) is 0 Å². The van der Waals surface area contributed by atoms with Crippen molar-refractivity contribution in [3.63, 3.8) is 0 Å². The second-order valence-electron chi connectivity index (χ2n) is 7.80. The van der Waals surface area contributed by atoms with Crippen molar-refractivity contribution < 1.29 is 9.53 Å². The van der Waals surface area contributed by atoms with E-state index in [2.05, 4.69) is 59.1 Å². The molecule has 0 aliphatic heterocycles. The fraction of sp³-hybridized carbons (Fsp3) is 0.304. The molecule has 0 saturated carbocycles. The van der Waals surface area contributed by atoms with Gasteiger partial charge in [-0.05, 0) is 45.5 Å². The average molecular weight is 473 g/mol. The Morgan fingerprint density at radius 3 is 2.62 bits per heavy atom. The number of rotatable bonds is 7. The molecule has 29 heavy (non-hydrogen) atoms. The van der Waals surface area contributed by atoms with Gasteiger partial charge in [-0.3, -0.25) is 4.79 Å². The predicted octanol–water partition coefficient (Wildman–Crippen LogP) is 6.67. The summed E-state index contributed by atoms with van der Waals surface area (Å²) in [7, 11) is 0. The number of amides is 1. The van der Waals surface area contributed by atoms with E-state index in [0.29, 0.717) is 24.6 Å². The summed E-state index contributed by atoms with van der Waals surface area (Å²) in [6.07, 6.45) is 1.02. The first-order valence-corrected chi connectivity index (χ1v) is 11.2. The zero-order chi connectivity index (χ0) is 20.9. The van der Waals surface area contributed by atoms with Crippen LogP contribution in [0.15, 0.2) is 58.4 Å². The SMILES string of the molecule is CC(C)(C)c1ccc(OCCCC(=O)Nc2nc(-c3ccccc3)cs2)c(Br)c1. The highest BCUT2D eigenvalue weighted by Crippen LogP contribution is 2.31. The molecule has 0 radical (unpaired) electrons. The van der Waals surface area contributed by atoms with Gasteiger partial charge >= 0.3 is 0 Å². The Morgan fingerprint density at radius 1 is 1.17 bits per heavy atom. The van der Waals surface area contributed by atoms with E-state index in [1.165, 1.54) is 16.9 Å². The highest BCUT2D eigenvalue weighted by atomic mass is 79.9. The van der Waals surface area contributed by atoms with Crippen LogP contribution < -0.4 is 10.1 Å². The largest absolute Gasteiger partial charge is 0.492 e. The molecule has 1 N–H and O–H groups in total. The van der Waals surface area contributed by atoms with Crippen molar-refractivity contribution in [3.8, 4) is 17.0 Å². The van der Waals surface area contributed by atoms with Crippen LogP contribution >= 0.6 is 27.3 Å². The lowest BCUT2D eigenvalue weighted by atomic mass is 9.87. The number of carbonyl (C=O) groups is 1. The number of hydrogen-bond donors (Lipinski definition) is 1. The third kappa shape index (κ3) is 6.15. The zero-order valence-electron chi connectivity index (χ0n) is 16.9. The second kappa shape index (κ2) is 9.55. The van der Waals surface area contributed by atoms with E-state index in [-0.39, 0.29) is 11.3 Å². The van der Waals surface area contributed by atoms with Crippen molar-refractivity contribution in [2.75, 3.05) is 11.9 Å². The minimum absolute atomic E-state index is 0.0512. The first-order chi connectivity index (χ1) is 13.8. The van der Waals surface area contributed by atoms with Gasteiger partial charge in [0.05, 0.1) is 16.8 Å². The second-order valence-corrected chi connectivity index (χ2v) is 9.51. The lowest BCUT2D eigenvalue weighted by Crippen LogP contribution is -2.13. The van der Waals surface area contributed by atoms with Crippen molar-refractivity contribution in [2.45, 2.75) is 39.0 Å². The topological polar surface area (TPSA) is 51.2 Å². The summed E-state index contributed by atoms with van der Waals surface area (Å²) in [4.78, 5) is 16.7. The highest BCUT2D eigenvalue weighted by molar-refractivity contribution is 9.10. The number of halogens is 1. The van der Waals surface area contributed by atoms with Crippen LogP contribution in [0.5, 0.6) is 5.75 Å². The Labute approximate surface area is 184 Å². The van der Waals surface area contributed by atoms with E-state index in [0.717, 1.165) is 21.5 Å². The van der Waals surface area contributed by atoms with Gasteiger partial charge in [0.25, 0.3) is 0 Å². The van der Waals surface area contributed by atoms with Crippen molar-refractivity contribution in [1.82, 2.24) is 4.98 Å². The number of anilines is 1. The Hall–Kier alpha value is -2.18. The molecule has 0 spiro atoms. The number of carbonyl (C=O) groups excluding carboxylic acids is 1. The van der Waals surface area contributed by atoms with E-state index in [9.17, 15) is 4.79 Å². The van der Waals surface area contributed by atoms with Gasteiger partial charge in [0, 0.05) is 17.4 Å². The molecule has 0 bridgehead atoms. The Kier molecular flexibility index (Phi) is 7.09. The molecule has 0 aliphatic carbocycles. The summed E-state index contributed by atoms with van der Waals surface area (Å²) in [5.74, 6) is 0.746. The fourth-order valence-corrected chi connectivity index (χ4v) is 3.98. The van der Waals surface area contributed by atoms with E-state index in [4.69, 9.17) is 4.74 Å². The molecule has 0 saturated heterocycles. The van der Waals surface area contributed by atoms with Crippen molar-refractivity contribution in [2.24, 2.45) is 0 Å². The molecule has 1 aromatic heterocycles. The molecule has 0 unspecified atom stereocenters. The van der Waals surface area contributed by atoms with Gasteiger partial charge in [0.15, 0.2) is 5.13 Å². The number of thiazole rings is 1. The summed E-state index contributed by atoms with van der Waals surface area (Å²) in [6, 6.07) is 16.1. The number of nitrogens with zero attached hydrogens (tertiary/aromatic N) is 1. The van der Waals surface area contributed by atoms with Crippen LogP contribution in [0.3, 0.4) is 0 Å². The highest BCUT2D eigenvalue weighted by Gasteiger charge is 2.15. The van der Waals surface area contributed by atoms with Gasteiger partial charge < -0.3 is 10.1 Å². The van der Waals surface area contributed by atoms with Crippen molar-refractivity contribution >= 4 is 38.3 Å². The van der Waals surface area contributed by atoms with Crippen LogP contribution in [0.2, 0.25) is 0 Å². The normalized spacial score (nSPS) is 11.3. The molecule has 3 aromatic rings. The Balaban J connectivity index is 1.44. The maximum atomic E-state index is 12.2. The minimum atomic E-state index is -0.0512. The molecule has 2 aromatic carbocycles. The van der Waals surface area contributed by atoms with Gasteiger partial charge in [-0.15, -0.1) is 11.3 Å². The number of ether oxygens (including phenoxy) is 1. The Bertz CT molecular complexity index is 965.